The van der Waals surface area contributed by atoms with E-state index in [-0.39, 0.29) is 17.7 Å². The first-order chi connectivity index (χ1) is 20.5. The van der Waals surface area contributed by atoms with E-state index in [1.54, 1.807) is 6.07 Å². The summed E-state index contributed by atoms with van der Waals surface area (Å²) in [7, 11) is -3.38. The molecular weight excluding hydrogens is 560 g/mol. The summed E-state index contributed by atoms with van der Waals surface area (Å²) >= 11 is 0. The molecule has 2 saturated carbocycles. The lowest BCUT2D eigenvalue weighted by Gasteiger charge is -2.42. The first-order valence-electron chi connectivity index (χ1n) is 15.3. The third-order valence-corrected chi connectivity index (χ3v) is 9.98. The molecule has 2 aliphatic carbocycles. The Bertz CT molecular complexity index is 1560. The van der Waals surface area contributed by atoms with Gasteiger partial charge in [0.05, 0.1) is 5.75 Å². The molecule has 2 aliphatic rings. The van der Waals surface area contributed by atoms with Gasteiger partial charge in [-0.05, 0) is 85.4 Å². The van der Waals surface area contributed by atoms with E-state index < -0.39 is 27.8 Å². The largest absolute Gasteiger partial charge is 0.480 e. The average Bonchev–Trinajstić information content (AvgIpc) is 3.71. The van der Waals surface area contributed by atoms with Crippen molar-refractivity contribution >= 4 is 21.7 Å². The van der Waals surface area contributed by atoms with Crippen molar-refractivity contribution in [3.05, 3.63) is 95.1 Å². The van der Waals surface area contributed by atoms with Crippen molar-refractivity contribution < 1.29 is 23.1 Å². The fraction of sp³-hybridized carbons (Fsp3) is 0.429. The summed E-state index contributed by atoms with van der Waals surface area (Å²) in [6.45, 7) is 2.78. The third kappa shape index (κ3) is 7.73. The van der Waals surface area contributed by atoms with Crippen LogP contribution in [0.25, 0.3) is 11.1 Å². The van der Waals surface area contributed by atoms with Crippen molar-refractivity contribution in [2.24, 2.45) is 0 Å². The summed E-state index contributed by atoms with van der Waals surface area (Å²) in [5, 5.41) is 12.3. The monoisotopic (exact) mass is 602 g/mol. The second-order valence-corrected chi connectivity index (χ2v) is 14.7. The number of hydrogen-bond donors (Lipinski definition) is 2. The lowest BCUT2D eigenvalue weighted by Crippen LogP contribution is -2.49. The summed E-state index contributed by atoms with van der Waals surface area (Å²) in [6, 6.07) is 23.8. The highest BCUT2D eigenvalue weighted by molar-refractivity contribution is 7.90. The molecule has 1 atom stereocenters. The van der Waals surface area contributed by atoms with Gasteiger partial charge in [0.2, 0.25) is 0 Å². The minimum Gasteiger partial charge on any atom is -0.480 e. The molecule has 43 heavy (non-hydrogen) atoms. The van der Waals surface area contributed by atoms with Gasteiger partial charge in [-0.25, -0.2) is 13.2 Å². The van der Waals surface area contributed by atoms with Crippen LogP contribution in [0.4, 0.5) is 0 Å². The van der Waals surface area contributed by atoms with Crippen molar-refractivity contribution in [3.8, 4) is 11.1 Å². The van der Waals surface area contributed by atoms with Crippen molar-refractivity contribution in [2.45, 2.75) is 82.5 Å². The first-order valence-corrected chi connectivity index (χ1v) is 17.3. The Morgan fingerprint density at radius 1 is 0.953 bits per heavy atom. The number of nitrogens with zero attached hydrogens (tertiary/aromatic N) is 1. The number of nitrogens with one attached hydrogen (secondary N) is 1. The molecule has 0 aromatic heterocycles. The van der Waals surface area contributed by atoms with Gasteiger partial charge < -0.3 is 10.4 Å². The standard InChI is InChI=1S/C35H42N2O5S/c1-25-10-6-7-13-29(25)31-22-27(14-17-30(31)33(38)36-32(34(39)40)18-21-43(2,41)42)24-37(28-15-16-28)35(19-8-9-20-35)23-26-11-4-3-5-12-26/h3-7,10-14,17,22,28,32H,8-9,15-16,18-21,23-24H2,1-2H3,(H,36,38)(H,39,40). The number of amides is 1. The molecule has 1 amide bonds. The maximum atomic E-state index is 13.6. The number of rotatable bonds is 13. The Morgan fingerprint density at radius 3 is 2.26 bits per heavy atom. The molecule has 0 bridgehead atoms. The van der Waals surface area contributed by atoms with Crippen LogP contribution in [0.5, 0.6) is 0 Å². The molecule has 5 rings (SSSR count). The van der Waals surface area contributed by atoms with Crippen LogP contribution < -0.4 is 5.32 Å². The fourth-order valence-electron chi connectivity index (χ4n) is 6.65. The average molecular weight is 603 g/mol. The number of carboxylic acid groups (broad SMARTS) is 1. The predicted octanol–water partition coefficient (Wildman–Crippen LogP) is 5.80. The van der Waals surface area contributed by atoms with E-state index in [9.17, 15) is 23.1 Å². The van der Waals surface area contributed by atoms with Gasteiger partial charge in [0.15, 0.2) is 0 Å². The number of carbonyl (C=O) groups is 2. The van der Waals surface area contributed by atoms with Gasteiger partial charge in [0, 0.05) is 29.9 Å². The highest BCUT2D eigenvalue weighted by atomic mass is 32.2. The lowest BCUT2D eigenvalue weighted by molar-refractivity contribution is -0.139. The second-order valence-electron chi connectivity index (χ2n) is 12.4. The van der Waals surface area contributed by atoms with E-state index in [0.29, 0.717) is 11.6 Å². The topological polar surface area (TPSA) is 104 Å². The van der Waals surface area contributed by atoms with Gasteiger partial charge >= 0.3 is 5.97 Å². The predicted molar refractivity (Wildman–Crippen MR) is 170 cm³/mol. The van der Waals surface area contributed by atoms with Crippen molar-refractivity contribution in [3.63, 3.8) is 0 Å². The van der Waals surface area contributed by atoms with Gasteiger partial charge in [-0.3, -0.25) is 9.69 Å². The van der Waals surface area contributed by atoms with Crippen LogP contribution in [-0.2, 0) is 27.6 Å². The number of carbonyl (C=O) groups excluding carboxylic acids is 1. The quantitative estimate of drug-likeness (QED) is 0.256. The zero-order valence-electron chi connectivity index (χ0n) is 25.1. The number of aliphatic carboxylic acids is 1. The Hall–Kier alpha value is -3.49. The maximum absolute atomic E-state index is 13.6. The molecule has 0 saturated heterocycles. The normalized spacial score (nSPS) is 17.1. The van der Waals surface area contributed by atoms with Gasteiger partial charge in [-0.1, -0.05) is 73.5 Å². The van der Waals surface area contributed by atoms with Crippen LogP contribution in [0.3, 0.4) is 0 Å². The van der Waals surface area contributed by atoms with E-state index in [4.69, 9.17) is 0 Å². The summed E-state index contributed by atoms with van der Waals surface area (Å²) in [5.41, 5.74) is 5.64. The number of hydrogen-bond acceptors (Lipinski definition) is 5. The zero-order chi connectivity index (χ0) is 30.6. The summed E-state index contributed by atoms with van der Waals surface area (Å²) < 4.78 is 23.4. The van der Waals surface area contributed by atoms with Crippen LogP contribution in [0, 0.1) is 6.92 Å². The fourth-order valence-corrected chi connectivity index (χ4v) is 7.32. The van der Waals surface area contributed by atoms with Crippen molar-refractivity contribution in [1.82, 2.24) is 10.2 Å². The third-order valence-electron chi connectivity index (χ3n) is 9.00. The minimum atomic E-state index is -3.38. The first kappa shape index (κ1) is 31.0. The molecule has 0 heterocycles. The molecule has 2 fully saturated rings. The molecule has 1 unspecified atom stereocenters. The molecule has 8 heteroatoms. The van der Waals surface area contributed by atoms with Gasteiger partial charge in [-0.15, -0.1) is 0 Å². The lowest BCUT2D eigenvalue weighted by atomic mass is 9.86. The molecule has 0 aliphatic heterocycles. The molecule has 2 N–H and O–H groups in total. The number of carboxylic acids is 1. The van der Waals surface area contributed by atoms with E-state index in [2.05, 4.69) is 46.6 Å². The Labute approximate surface area is 255 Å². The number of aryl methyl sites for hydroxylation is 1. The molecule has 228 valence electrons. The molecular formula is C35H42N2O5S. The maximum Gasteiger partial charge on any atom is 0.326 e. The molecule has 0 radical (unpaired) electrons. The van der Waals surface area contributed by atoms with Crippen LogP contribution in [-0.4, -0.2) is 59.9 Å². The van der Waals surface area contributed by atoms with Crippen LogP contribution >= 0.6 is 0 Å². The van der Waals surface area contributed by atoms with E-state index in [1.807, 2.05) is 37.3 Å². The number of sulfone groups is 1. The van der Waals surface area contributed by atoms with Crippen LogP contribution in [0.1, 0.15) is 72.0 Å². The Kier molecular flexibility index (Phi) is 9.37. The van der Waals surface area contributed by atoms with Gasteiger partial charge in [0.25, 0.3) is 5.91 Å². The van der Waals surface area contributed by atoms with E-state index in [1.165, 1.54) is 44.1 Å². The molecule has 3 aromatic rings. The summed E-state index contributed by atoms with van der Waals surface area (Å²) in [4.78, 5) is 28.2. The molecule has 3 aromatic carbocycles. The van der Waals surface area contributed by atoms with E-state index >= 15 is 0 Å². The van der Waals surface area contributed by atoms with Crippen LogP contribution in [0.15, 0.2) is 72.8 Å². The van der Waals surface area contributed by atoms with Gasteiger partial charge in [-0.2, -0.15) is 0 Å². The zero-order valence-corrected chi connectivity index (χ0v) is 25.9. The summed E-state index contributed by atoms with van der Waals surface area (Å²) in [6.07, 6.45) is 9.10. The van der Waals surface area contributed by atoms with Crippen molar-refractivity contribution in [2.75, 3.05) is 12.0 Å². The highest BCUT2D eigenvalue weighted by Gasteiger charge is 2.45. The Balaban J connectivity index is 1.47. The van der Waals surface area contributed by atoms with Crippen LogP contribution in [0.2, 0.25) is 0 Å². The van der Waals surface area contributed by atoms with E-state index in [0.717, 1.165) is 41.5 Å². The van der Waals surface area contributed by atoms with Gasteiger partial charge in [0.1, 0.15) is 15.9 Å². The summed E-state index contributed by atoms with van der Waals surface area (Å²) in [5.74, 6) is -2.11. The molecule has 7 nitrogen and oxygen atoms in total. The highest BCUT2D eigenvalue weighted by Crippen LogP contribution is 2.45. The molecule has 0 spiro atoms. The smallest absolute Gasteiger partial charge is 0.326 e. The SMILES string of the molecule is Cc1ccccc1-c1cc(CN(C2CC2)C2(Cc3ccccc3)CCCC2)ccc1C(=O)NC(CCS(C)(=O)=O)C(=O)O. The van der Waals surface area contributed by atoms with Crippen molar-refractivity contribution in [1.29, 1.82) is 0 Å². The number of benzene rings is 3. The minimum absolute atomic E-state index is 0.107. The second kappa shape index (κ2) is 13.0. The Morgan fingerprint density at radius 2 is 1.63 bits per heavy atom.